The number of nitrogens with zero attached hydrogens (tertiary/aromatic N) is 3. The molecule has 1 atom stereocenters. The second-order valence-electron chi connectivity index (χ2n) is 4.95. The fraction of sp³-hybridized carbons (Fsp3) is 0.467. The first-order valence-corrected chi connectivity index (χ1v) is 6.89. The fourth-order valence-electron chi connectivity index (χ4n) is 2.09. The van der Waals surface area contributed by atoms with E-state index in [0.717, 1.165) is 24.4 Å². The molecule has 0 aromatic carbocycles. The summed E-state index contributed by atoms with van der Waals surface area (Å²) in [5, 5.41) is 8.08. The highest BCUT2D eigenvalue weighted by Gasteiger charge is 2.14. The second kappa shape index (κ2) is 6.48. The van der Waals surface area contributed by atoms with Crippen LogP contribution < -0.4 is 5.32 Å². The van der Waals surface area contributed by atoms with Crippen molar-refractivity contribution in [1.82, 2.24) is 20.1 Å². The normalized spacial score (nSPS) is 12.8. The van der Waals surface area contributed by atoms with Crippen molar-refractivity contribution < 1.29 is 0 Å². The first kappa shape index (κ1) is 13.7. The van der Waals surface area contributed by atoms with E-state index in [0.29, 0.717) is 6.04 Å². The average Bonchev–Trinajstić information content (AvgIpc) is 2.88. The minimum absolute atomic E-state index is 0.224. The summed E-state index contributed by atoms with van der Waals surface area (Å²) in [4.78, 5) is 4.44. The van der Waals surface area contributed by atoms with Gasteiger partial charge >= 0.3 is 0 Å². The molecule has 0 saturated carbocycles. The van der Waals surface area contributed by atoms with Crippen molar-refractivity contribution in [3.05, 3.63) is 48.0 Å². The second-order valence-corrected chi connectivity index (χ2v) is 4.95. The Balaban J connectivity index is 2.12. The Kier molecular flexibility index (Phi) is 4.68. The molecule has 1 N–H and O–H groups in total. The SMILES string of the molecule is CCNC(Cc1ccn(C(C)C)n1)c1ccccn1. The van der Waals surface area contributed by atoms with Gasteiger partial charge in [-0.3, -0.25) is 9.67 Å². The van der Waals surface area contributed by atoms with Crippen molar-refractivity contribution in [2.24, 2.45) is 0 Å². The Bertz CT molecular complexity index is 490. The van der Waals surface area contributed by atoms with Crippen molar-refractivity contribution in [3.8, 4) is 0 Å². The van der Waals surface area contributed by atoms with E-state index in [-0.39, 0.29) is 6.04 Å². The lowest BCUT2D eigenvalue weighted by Gasteiger charge is -2.16. The molecule has 1 unspecified atom stereocenters. The molecular weight excluding hydrogens is 236 g/mol. The van der Waals surface area contributed by atoms with Gasteiger partial charge in [-0.2, -0.15) is 5.10 Å². The van der Waals surface area contributed by atoms with E-state index >= 15 is 0 Å². The topological polar surface area (TPSA) is 42.7 Å². The molecule has 4 heteroatoms. The van der Waals surface area contributed by atoms with E-state index in [9.17, 15) is 0 Å². The van der Waals surface area contributed by atoms with Crippen LogP contribution in [0, 0.1) is 0 Å². The van der Waals surface area contributed by atoms with Gasteiger partial charge in [0.05, 0.1) is 17.4 Å². The van der Waals surface area contributed by atoms with Crippen LogP contribution in [0.4, 0.5) is 0 Å². The number of hydrogen-bond acceptors (Lipinski definition) is 3. The summed E-state index contributed by atoms with van der Waals surface area (Å²) in [6.45, 7) is 7.31. The molecule has 19 heavy (non-hydrogen) atoms. The summed E-state index contributed by atoms with van der Waals surface area (Å²) in [7, 11) is 0. The highest BCUT2D eigenvalue weighted by molar-refractivity contribution is 5.13. The number of rotatable bonds is 6. The molecule has 0 spiro atoms. The minimum Gasteiger partial charge on any atom is -0.309 e. The lowest BCUT2D eigenvalue weighted by Crippen LogP contribution is -2.24. The van der Waals surface area contributed by atoms with Gasteiger partial charge in [-0.15, -0.1) is 0 Å². The fourth-order valence-corrected chi connectivity index (χ4v) is 2.09. The Morgan fingerprint density at radius 2 is 2.11 bits per heavy atom. The summed E-state index contributed by atoms with van der Waals surface area (Å²) < 4.78 is 2.00. The number of aromatic nitrogens is 3. The number of likely N-dealkylation sites (N-methyl/N-ethyl adjacent to an activating group) is 1. The van der Waals surface area contributed by atoms with Crippen LogP contribution in [0.5, 0.6) is 0 Å². The Hall–Kier alpha value is -1.68. The van der Waals surface area contributed by atoms with Crippen LogP contribution in [-0.2, 0) is 6.42 Å². The largest absolute Gasteiger partial charge is 0.309 e. The Morgan fingerprint density at radius 1 is 1.26 bits per heavy atom. The van der Waals surface area contributed by atoms with Gasteiger partial charge in [0, 0.05) is 24.9 Å². The van der Waals surface area contributed by atoms with E-state index in [1.807, 2.05) is 29.2 Å². The number of hydrogen-bond donors (Lipinski definition) is 1. The van der Waals surface area contributed by atoms with Crippen molar-refractivity contribution in [3.63, 3.8) is 0 Å². The molecule has 4 nitrogen and oxygen atoms in total. The maximum atomic E-state index is 4.61. The van der Waals surface area contributed by atoms with Crippen LogP contribution in [0.2, 0.25) is 0 Å². The molecule has 0 aliphatic carbocycles. The summed E-state index contributed by atoms with van der Waals surface area (Å²) in [5.41, 5.74) is 2.17. The maximum absolute atomic E-state index is 4.61. The smallest absolute Gasteiger partial charge is 0.0644 e. The van der Waals surface area contributed by atoms with Gasteiger partial charge < -0.3 is 5.32 Å². The van der Waals surface area contributed by atoms with Gasteiger partial charge in [0.1, 0.15) is 0 Å². The Labute approximate surface area is 114 Å². The molecule has 0 fully saturated rings. The van der Waals surface area contributed by atoms with Gasteiger partial charge in [-0.05, 0) is 38.6 Å². The lowest BCUT2D eigenvalue weighted by molar-refractivity contribution is 0.501. The molecule has 0 aliphatic rings. The maximum Gasteiger partial charge on any atom is 0.0644 e. The van der Waals surface area contributed by atoms with Gasteiger partial charge in [0.25, 0.3) is 0 Å². The quantitative estimate of drug-likeness (QED) is 0.866. The third kappa shape index (κ3) is 3.64. The zero-order valence-corrected chi connectivity index (χ0v) is 11.9. The van der Waals surface area contributed by atoms with Crippen LogP contribution in [0.3, 0.4) is 0 Å². The van der Waals surface area contributed by atoms with E-state index in [1.165, 1.54) is 0 Å². The third-order valence-corrected chi connectivity index (χ3v) is 3.10. The monoisotopic (exact) mass is 258 g/mol. The van der Waals surface area contributed by atoms with E-state index in [4.69, 9.17) is 0 Å². The predicted octanol–water partition coefficient (Wildman–Crippen LogP) is 2.75. The first-order chi connectivity index (χ1) is 9.20. The summed E-state index contributed by atoms with van der Waals surface area (Å²) in [5.74, 6) is 0. The van der Waals surface area contributed by atoms with Crippen LogP contribution >= 0.6 is 0 Å². The van der Waals surface area contributed by atoms with Gasteiger partial charge in [0.2, 0.25) is 0 Å². The molecule has 0 amide bonds. The molecule has 0 radical (unpaired) electrons. The van der Waals surface area contributed by atoms with Crippen molar-refractivity contribution in [2.45, 2.75) is 39.3 Å². The van der Waals surface area contributed by atoms with Crippen LogP contribution in [0.1, 0.15) is 44.2 Å². The van der Waals surface area contributed by atoms with Gasteiger partial charge in [-0.25, -0.2) is 0 Å². The van der Waals surface area contributed by atoms with Gasteiger partial charge in [0.15, 0.2) is 0 Å². The number of nitrogens with one attached hydrogen (secondary N) is 1. The molecule has 0 bridgehead atoms. The molecular formula is C15H22N4. The molecule has 2 aromatic heterocycles. The van der Waals surface area contributed by atoms with Crippen LogP contribution in [-0.4, -0.2) is 21.3 Å². The third-order valence-electron chi connectivity index (χ3n) is 3.10. The zero-order valence-electron chi connectivity index (χ0n) is 11.9. The molecule has 2 heterocycles. The molecule has 102 valence electrons. The summed E-state index contributed by atoms with van der Waals surface area (Å²) in [6.07, 6.45) is 4.75. The highest BCUT2D eigenvalue weighted by atomic mass is 15.3. The predicted molar refractivity (Wildman–Crippen MR) is 77.0 cm³/mol. The van der Waals surface area contributed by atoms with E-state index < -0.39 is 0 Å². The van der Waals surface area contributed by atoms with Crippen LogP contribution in [0.25, 0.3) is 0 Å². The summed E-state index contributed by atoms with van der Waals surface area (Å²) in [6, 6.07) is 8.75. The van der Waals surface area contributed by atoms with E-state index in [1.54, 1.807) is 0 Å². The average molecular weight is 258 g/mol. The molecule has 2 rings (SSSR count). The van der Waals surface area contributed by atoms with Crippen molar-refractivity contribution >= 4 is 0 Å². The molecule has 0 saturated heterocycles. The number of pyridine rings is 1. The highest BCUT2D eigenvalue weighted by Crippen LogP contribution is 2.16. The first-order valence-electron chi connectivity index (χ1n) is 6.89. The Morgan fingerprint density at radius 3 is 2.68 bits per heavy atom. The lowest BCUT2D eigenvalue weighted by atomic mass is 10.1. The van der Waals surface area contributed by atoms with Crippen LogP contribution in [0.15, 0.2) is 36.7 Å². The van der Waals surface area contributed by atoms with Crippen molar-refractivity contribution in [1.29, 1.82) is 0 Å². The van der Waals surface area contributed by atoms with E-state index in [2.05, 4.69) is 48.3 Å². The standard InChI is InChI=1S/C15H22N4/c1-4-16-15(14-7-5-6-9-17-14)11-13-8-10-19(18-13)12(2)3/h5-10,12,15-16H,4,11H2,1-3H3. The zero-order chi connectivity index (χ0) is 13.7. The summed E-state index contributed by atoms with van der Waals surface area (Å²) >= 11 is 0. The minimum atomic E-state index is 0.224. The molecule has 2 aromatic rings. The van der Waals surface area contributed by atoms with Gasteiger partial charge in [-0.1, -0.05) is 13.0 Å². The molecule has 0 aliphatic heterocycles. The van der Waals surface area contributed by atoms with Crippen molar-refractivity contribution in [2.75, 3.05) is 6.54 Å².